The second-order valence-electron chi connectivity index (χ2n) is 9.05. The highest BCUT2D eigenvalue weighted by molar-refractivity contribution is 5.87. The molecule has 1 N–H and O–H groups in total. The van der Waals surface area contributed by atoms with Crippen LogP contribution in [0.1, 0.15) is 35.7 Å². The Balaban J connectivity index is 1.27. The monoisotopic (exact) mass is 431 g/mol. The number of amides is 1. The minimum atomic E-state index is -0.190. The van der Waals surface area contributed by atoms with Crippen LogP contribution in [0.5, 0.6) is 0 Å². The smallest absolute Gasteiger partial charge is 0.415 e. The third kappa shape index (κ3) is 3.69. The second-order valence-corrected chi connectivity index (χ2v) is 9.05. The zero-order chi connectivity index (χ0) is 22.3. The average molecular weight is 432 g/mol. The molecule has 2 aromatic heterocycles. The number of aromatic amines is 1. The van der Waals surface area contributed by atoms with Crippen LogP contribution in [-0.2, 0) is 11.3 Å². The largest absolute Gasteiger partial charge is 0.516 e. The molecule has 0 bridgehead atoms. The first-order valence-corrected chi connectivity index (χ1v) is 10.9. The van der Waals surface area contributed by atoms with Gasteiger partial charge in [-0.25, -0.2) is 4.48 Å². The van der Waals surface area contributed by atoms with Crippen molar-refractivity contribution in [3.8, 4) is 11.5 Å². The number of hydrogen-bond donors (Lipinski definition) is 1. The van der Waals surface area contributed by atoms with Gasteiger partial charge in [-0.15, -0.1) is 0 Å². The highest BCUT2D eigenvalue weighted by Crippen LogP contribution is 2.44. The molecule has 0 atom stereocenters. The van der Waals surface area contributed by atoms with Crippen molar-refractivity contribution < 1.29 is 18.5 Å². The molecule has 32 heavy (non-hydrogen) atoms. The summed E-state index contributed by atoms with van der Waals surface area (Å²) in [6.45, 7) is 2.12. The van der Waals surface area contributed by atoms with E-state index in [9.17, 15) is 4.79 Å². The molecule has 1 saturated carbocycles. The summed E-state index contributed by atoms with van der Waals surface area (Å²) in [4.78, 5) is 20.5. The molecule has 2 aromatic carbocycles. The van der Waals surface area contributed by atoms with Crippen molar-refractivity contribution >= 4 is 17.0 Å². The summed E-state index contributed by atoms with van der Waals surface area (Å²) >= 11 is 0. The fourth-order valence-corrected chi connectivity index (χ4v) is 4.43. The van der Waals surface area contributed by atoms with Gasteiger partial charge in [0, 0.05) is 35.5 Å². The van der Waals surface area contributed by atoms with Gasteiger partial charge < -0.3 is 14.2 Å². The Bertz CT molecular complexity index is 1250. The van der Waals surface area contributed by atoms with E-state index in [-0.39, 0.29) is 16.6 Å². The standard InChI is InChI=1S/C25H27N4O3/c1-16-27-24(32-28-16)18-9-10-23-21(13-18)22(14-26-23)19-11-20(12-19)29(2,3)25(30)31-15-17-7-5-4-6-8-17/h4-10,13-14,19-20,26H,11-12,15H2,1-3H3/q+1. The molecule has 1 amide bonds. The number of hydrogen-bond acceptors (Lipinski definition) is 5. The van der Waals surface area contributed by atoms with Gasteiger partial charge in [0.2, 0.25) is 0 Å². The molecule has 7 heteroatoms. The molecule has 0 aliphatic heterocycles. The number of quaternary nitrogens is 1. The number of aryl methyl sites for hydroxylation is 1. The maximum atomic E-state index is 12.8. The van der Waals surface area contributed by atoms with E-state index >= 15 is 0 Å². The number of aromatic nitrogens is 3. The number of benzene rings is 2. The van der Waals surface area contributed by atoms with Crippen LogP contribution in [0.25, 0.3) is 22.4 Å². The van der Waals surface area contributed by atoms with Gasteiger partial charge in [-0.05, 0) is 42.2 Å². The molecule has 0 radical (unpaired) electrons. The lowest BCUT2D eigenvalue weighted by Crippen LogP contribution is -2.57. The first-order valence-electron chi connectivity index (χ1n) is 10.9. The molecule has 1 aliphatic carbocycles. The fraction of sp³-hybridized carbons (Fsp3) is 0.320. The van der Waals surface area contributed by atoms with Crippen molar-refractivity contribution in [3.63, 3.8) is 0 Å². The molecule has 5 rings (SSSR count). The van der Waals surface area contributed by atoms with Crippen LogP contribution < -0.4 is 0 Å². The fourth-order valence-electron chi connectivity index (χ4n) is 4.43. The van der Waals surface area contributed by atoms with Gasteiger partial charge in [-0.2, -0.15) is 9.78 Å². The van der Waals surface area contributed by atoms with Crippen molar-refractivity contribution in [2.75, 3.05) is 14.1 Å². The maximum Gasteiger partial charge on any atom is 0.516 e. The third-order valence-electron chi connectivity index (χ3n) is 6.63. The van der Waals surface area contributed by atoms with E-state index in [1.54, 1.807) is 0 Å². The van der Waals surface area contributed by atoms with E-state index < -0.39 is 0 Å². The molecule has 0 saturated heterocycles. The number of carbonyl (C=O) groups is 1. The Kier molecular flexibility index (Phi) is 5.06. The number of nitrogens with zero attached hydrogens (tertiary/aromatic N) is 3. The molecule has 4 aromatic rings. The first-order chi connectivity index (χ1) is 15.4. The predicted molar refractivity (Wildman–Crippen MR) is 121 cm³/mol. The van der Waals surface area contributed by atoms with E-state index in [0.29, 0.717) is 24.2 Å². The number of fused-ring (bicyclic) bond motifs is 1. The van der Waals surface area contributed by atoms with Gasteiger partial charge >= 0.3 is 6.09 Å². The Labute approximate surface area is 186 Å². The van der Waals surface area contributed by atoms with E-state index in [2.05, 4.69) is 27.4 Å². The molecule has 1 aliphatic rings. The predicted octanol–water partition coefficient (Wildman–Crippen LogP) is 5.19. The second kappa shape index (κ2) is 7.91. The molecule has 2 heterocycles. The molecule has 0 spiro atoms. The van der Waals surface area contributed by atoms with Crippen molar-refractivity contribution in [2.24, 2.45) is 0 Å². The van der Waals surface area contributed by atoms with E-state index in [1.165, 1.54) is 10.9 Å². The van der Waals surface area contributed by atoms with Gasteiger partial charge in [0.25, 0.3) is 5.89 Å². The van der Waals surface area contributed by atoms with E-state index in [1.807, 2.05) is 63.5 Å². The van der Waals surface area contributed by atoms with Crippen molar-refractivity contribution in [1.29, 1.82) is 0 Å². The minimum Gasteiger partial charge on any atom is -0.415 e. The maximum absolute atomic E-state index is 12.8. The van der Waals surface area contributed by atoms with E-state index in [0.717, 1.165) is 29.5 Å². The van der Waals surface area contributed by atoms with Gasteiger partial charge in [0.15, 0.2) is 5.82 Å². The van der Waals surface area contributed by atoms with Gasteiger partial charge in [-0.1, -0.05) is 35.5 Å². The zero-order valence-corrected chi connectivity index (χ0v) is 18.5. The summed E-state index contributed by atoms with van der Waals surface area (Å²) in [5.74, 6) is 1.55. The number of H-pyrrole nitrogens is 1. The van der Waals surface area contributed by atoms with Crippen LogP contribution in [0.2, 0.25) is 0 Å². The zero-order valence-electron chi connectivity index (χ0n) is 18.5. The van der Waals surface area contributed by atoms with E-state index in [4.69, 9.17) is 9.26 Å². The Hall–Kier alpha value is -3.45. The lowest BCUT2D eigenvalue weighted by molar-refractivity contribution is -0.851. The Morgan fingerprint density at radius 2 is 1.97 bits per heavy atom. The lowest BCUT2D eigenvalue weighted by atomic mass is 9.74. The number of rotatable bonds is 5. The van der Waals surface area contributed by atoms with Crippen LogP contribution in [0.3, 0.4) is 0 Å². The summed E-state index contributed by atoms with van der Waals surface area (Å²) < 4.78 is 11.2. The SMILES string of the molecule is Cc1noc(-c2ccc3[nH]cc(C4CC([N+](C)(C)C(=O)OCc5ccccc5)C4)c3c2)n1. The Morgan fingerprint density at radius 1 is 1.19 bits per heavy atom. The van der Waals surface area contributed by atoms with Gasteiger partial charge in [0.1, 0.15) is 6.61 Å². The topological polar surface area (TPSA) is 81.0 Å². The number of carbonyl (C=O) groups excluding carboxylic acids is 1. The molecule has 7 nitrogen and oxygen atoms in total. The average Bonchev–Trinajstić information content (AvgIpc) is 3.37. The number of ether oxygens (including phenoxy) is 1. The normalized spacial score (nSPS) is 18.5. The highest BCUT2D eigenvalue weighted by Gasteiger charge is 2.47. The molecule has 0 unspecified atom stereocenters. The summed E-state index contributed by atoms with van der Waals surface area (Å²) in [7, 11) is 3.89. The van der Waals surface area contributed by atoms with Crippen LogP contribution in [0.15, 0.2) is 59.3 Å². The first kappa shape index (κ1) is 20.5. The van der Waals surface area contributed by atoms with Crippen LogP contribution in [0.4, 0.5) is 4.79 Å². The molecular weight excluding hydrogens is 404 g/mol. The Morgan fingerprint density at radius 3 is 2.69 bits per heavy atom. The van der Waals surface area contributed by atoms with Crippen molar-refractivity contribution in [2.45, 2.75) is 38.3 Å². The number of nitrogens with one attached hydrogen (secondary N) is 1. The summed E-state index contributed by atoms with van der Waals surface area (Å²) in [5.41, 5.74) is 4.26. The third-order valence-corrected chi connectivity index (χ3v) is 6.63. The van der Waals surface area contributed by atoms with Crippen molar-refractivity contribution in [3.05, 3.63) is 71.7 Å². The summed E-state index contributed by atoms with van der Waals surface area (Å²) in [5, 5.41) is 5.06. The molecule has 1 fully saturated rings. The quantitative estimate of drug-likeness (QED) is 0.440. The van der Waals surface area contributed by atoms with Crippen molar-refractivity contribution in [1.82, 2.24) is 15.1 Å². The highest BCUT2D eigenvalue weighted by atomic mass is 16.6. The molecular formula is C25H27N4O3+. The lowest BCUT2D eigenvalue weighted by Gasteiger charge is -2.43. The van der Waals surface area contributed by atoms with Gasteiger partial charge in [-0.3, -0.25) is 0 Å². The summed E-state index contributed by atoms with van der Waals surface area (Å²) in [6.07, 6.45) is 3.77. The van der Waals surface area contributed by atoms with Crippen LogP contribution in [0, 0.1) is 6.92 Å². The van der Waals surface area contributed by atoms with Crippen LogP contribution >= 0.6 is 0 Å². The van der Waals surface area contributed by atoms with Crippen LogP contribution in [-0.4, -0.2) is 45.8 Å². The molecule has 164 valence electrons. The van der Waals surface area contributed by atoms with Gasteiger partial charge in [0.05, 0.1) is 20.1 Å². The minimum absolute atomic E-state index is 0.190. The summed E-state index contributed by atoms with van der Waals surface area (Å²) in [6, 6.07) is 16.2.